The van der Waals surface area contributed by atoms with E-state index in [1.165, 1.54) is 0 Å². The highest BCUT2D eigenvalue weighted by atomic mass is 32.2. The van der Waals surface area contributed by atoms with Crippen molar-refractivity contribution in [2.75, 3.05) is 13.2 Å². The predicted molar refractivity (Wildman–Crippen MR) is 41.1 cm³/mol. The van der Waals surface area contributed by atoms with Crippen molar-refractivity contribution < 1.29 is 27.5 Å². The molecule has 2 saturated heterocycles. The van der Waals surface area contributed by atoms with Crippen molar-refractivity contribution in [1.82, 2.24) is 0 Å². The van der Waals surface area contributed by atoms with Gasteiger partial charge in [0, 0.05) is 0 Å². The number of hydrogen-bond acceptors (Lipinski definition) is 5. The van der Waals surface area contributed by atoms with Gasteiger partial charge in [0.15, 0.2) is 0 Å². The minimum Gasteiger partial charge on any atom is -0.388 e. The minimum absolute atomic E-state index is 0.179. The second kappa shape index (κ2) is 3.60. The van der Waals surface area contributed by atoms with Crippen LogP contribution in [0.4, 0.5) is 0 Å². The Morgan fingerprint density at radius 2 is 2.00 bits per heavy atom. The fourth-order valence-corrected chi connectivity index (χ4v) is 2.01. The number of hydrogen-bond donors (Lipinski definition) is 2. The van der Waals surface area contributed by atoms with Gasteiger partial charge in [0.25, 0.3) is 0 Å². The molecule has 0 radical (unpaired) electrons. The van der Waals surface area contributed by atoms with E-state index >= 15 is 0 Å². The summed E-state index contributed by atoms with van der Waals surface area (Å²) in [6.45, 7) is 0.367. The normalized spacial score (nSPS) is 46.3. The van der Waals surface area contributed by atoms with Gasteiger partial charge in [-0.05, 0) is 0 Å². The Labute approximate surface area is 77.3 Å². The average molecular weight is 210 g/mol. The van der Waals surface area contributed by atoms with Crippen LogP contribution < -0.4 is 0 Å². The summed E-state index contributed by atoms with van der Waals surface area (Å²) < 4.78 is 33.8. The smallest absolute Gasteiger partial charge is 0.302 e. The fraction of sp³-hybridized carbons (Fsp3) is 1.00. The summed E-state index contributed by atoms with van der Waals surface area (Å²) in [6.07, 6.45) is -2.07. The summed E-state index contributed by atoms with van der Waals surface area (Å²) in [7, 11) is 0. The molecule has 2 fully saturated rings. The molecule has 1 unspecified atom stereocenters. The van der Waals surface area contributed by atoms with E-state index in [-0.39, 0.29) is 13.2 Å². The van der Waals surface area contributed by atoms with Crippen molar-refractivity contribution in [3.8, 4) is 0 Å². The zero-order valence-corrected chi connectivity index (χ0v) is 7.48. The number of fused-ring (bicyclic) bond motifs is 1. The molecule has 6 nitrogen and oxygen atoms in total. The van der Waals surface area contributed by atoms with Crippen LogP contribution in [-0.2, 0) is 25.0 Å². The van der Waals surface area contributed by atoms with Crippen molar-refractivity contribution in [2.45, 2.75) is 24.4 Å². The highest BCUT2D eigenvalue weighted by Crippen LogP contribution is 2.28. The maximum absolute atomic E-state index is 10.3. The molecule has 2 heterocycles. The number of ether oxygens (including phenoxy) is 2. The van der Waals surface area contributed by atoms with Gasteiger partial charge < -0.3 is 14.6 Å². The summed E-state index contributed by atoms with van der Waals surface area (Å²) in [5, 5.41) is 9.31. The highest BCUT2D eigenvalue weighted by molar-refractivity contribution is 7.74. The Bertz CT molecular complexity index is 221. The van der Waals surface area contributed by atoms with Crippen LogP contribution in [0.25, 0.3) is 0 Å². The second-order valence-corrected chi connectivity index (χ2v) is 3.64. The molecule has 0 spiro atoms. The van der Waals surface area contributed by atoms with Crippen LogP contribution >= 0.6 is 0 Å². The van der Waals surface area contributed by atoms with E-state index in [1.807, 2.05) is 0 Å². The monoisotopic (exact) mass is 210 g/mol. The van der Waals surface area contributed by atoms with Gasteiger partial charge in [-0.3, -0.25) is 8.74 Å². The third-order valence-corrected chi connectivity index (χ3v) is 2.60. The molecular formula is C6H10O6S. The molecule has 0 amide bonds. The van der Waals surface area contributed by atoms with Crippen LogP contribution in [0.15, 0.2) is 0 Å². The van der Waals surface area contributed by atoms with Crippen LogP contribution in [0, 0.1) is 0 Å². The van der Waals surface area contributed by atoms with E-state index < -0.39 is 35.8 Å². The Kier molecular flexibility index (Phi) is 2.63. The largest absolute Gasteiger partial charge is 0.388 e. The molecule has 2 aliphatic rings. The first kappa shape index (κ1) is 9.50. The van der Waals surface area contributed by atoms with Gasteiger partial charge in [-0.15, -0.1) is 0 Å². The molecule has 5 atom stereocenters. The Morgan fingerprint density at radius 3 is 2.69 bits per heavy atom. The molecule has 0 aromatic carbocycles. The van der Waals surface area contributed by atoms with E-state index in [0.717, 1.165) is 0 Å². The maximum atomic E-state index is 10.3. The minimum atomic E-state index is -2.32. The molecule has 0 saturated carbocycles. The lowest BCUT2D eigenvalue weighted by Crippen LogP contribution is -2.33. The van der Waals surface area contributed by atoms with E-state index in [9.17, 15) is 9.32 Å². The lowest BCUT2D eigenvalue weighted by molar-refractivity contribution is 0.00953. The number of aliphatic hydroxyl groups is 1. The zero-order chi connectivity index (χ0) is 9.42. The Hall–Kier alpha value is -0.0500. The van der Waals surface area contributed by atoms with Crippen LogP contribution in [0.3, 0.4) is 0 Å². The standard InChI is InChI=1S/C6H10O6S/c7-3-1-10-6-4(12-13(8)9)2-11-5(3)6/h3-7H,1-2H2,(H,8,9)/t3-,4+,5-,6-/m1/s1. The molecule has 2 rings (SSSR count). The predicted octanol–water partition coefficient (Wildman–Crippen LogP) is -1.33. The molecule has 13 heavy (non-hydrogen) atoms. The first-order chi connectivity index (χ1) is 6.18. The van der Waals surface area contributed by atoms with E-state index in [1.54, 1.807) is 0 Å². The van der Waals surface area contributed by atoms with Crippen LogP contribution in [-0.4, -0.2) is 51.5 Å². The van der Waals surface area contributed by atoms with Gasteiger partial charge >= 0.3 is 11.4 Å². The molecule has 0 bridgehead atoms. The molecule has 0 aromatic rings. The molecule has 76 valence electrons. The summed E-state index contributed by atoms with van der Waals surface area (Å²) in [6, 6.07) is 0. The summed E-state index contributed by atoms with van der Waals surface area (Å²) in [5.74, 6) is 0. The third kappa shape index (κ3) is 1.76. The van der Waals surface area contributed by atoms with Crippen LogP contribution in [0.1, 0.15) is 0 Å². The fourth-order valence-electron chi connectivity index (χ4n) is 1.63. The van der Waals surface area contributed by atoms with Gasteiger partial charge in [0.2, 0.25) is 0 Å². The average Bonchev–Trinajstić information content (AvgIpc) is 2.56. The SMILES string of the molecule is O=S(O)O[C@H]1CO[C@H]2[C@@H]1OC[C@H]2O. The van der Waals surface area contributed by atoms with Crippen LogP contribution in [0.5, 0.6) is 0 Å². The van der Waals surface area contributed by atoms with Crippen molar-refractivity contribution in [3.05, 3.63) is 0 Å². The quantitative estimate of drug-likeness (QED) is 0.549. The molecule has 0 aromatic heterocycles. The lowest BCUT2D eigenvalue weighted by atomic mass is 10.1. The zero-order valence-electron chi connectivity index (χ0n) is 6.66. The molecule has 7 heteroatoms. The van der Waals surface area contributed by atoms with Crippen molar-refractivity contribution >= 4 is 11.4 Å². The molecule has 2 aliphatic heterocycles. The van der Waals surface area contributed by atoms with E-state index in [0.29, 0.717) is 0 Å². The highest BCUT2D eigenvalue weighted by Gasteiger charge is 2.48. The summed E-state index contributed by atoms with van der Waals surface area (Å²) >= 11 is -2.32. The van der Waals surface area contributed by atoms with Crippen molar-refractivity contribution in [2.24, 2.45) is 0 Å². The van der Waals surface area contributed by atoms with Gasteiger partial charge in [0.05, 0.1) is 13.2 Å². The number of aliphatic hydroxyl groups excluding tert-OH is 1. The second-order valence-electron chi connectivity index (χ2n) is 3.02. The number of rotatable bonds is 2. The van der Waals surface area contributed by atoms with Gasteiger partial charge in [0.1, 0.15) is 24.4 Å². The van der Waals surface area contributed by atoms with E-state index in [2.05, 4.69) is 4.18 Å². The lowest BCUT2D eigenvalue weighted by Gasteiger charge is -2.12. The molecule has 0 aliphatic carbocycles. The first-order valence-electron chi connectivity index (χ1n) is 3.88. The Morgan fingerprint density at radius 1 is 1.31 bits per heavy atom. The summed E-state index contributed by atoms with van der Waals surface area (Å²) in [5.41, 5.74) is 0. The van der Waals surface area contributed by atoms with Crippen molar-refractivity contribution in [3.63, 3.8) is 0 Å². The van der Waals surface area contributed by atoms with Gasteiger partial charge in [-0.1, -0.05) is 0 Å². The van der Waals surface area contributed by atoms with Crippen LogP contribution in [0.2, 0.25) is 0 Å². The van der Waals surface area contributed by atoms with Gasteiger partial charge in [-0.2, -0.15) is 4.21 Å². The van der Waals surface area contributed by atoms with E-state index in [4.69, 9.17) is 14.0 Å². The van der Waals surface area contributed by atoms with Crippen molar-refractivity contribution in [1.29, 1.82) is 0 Å². The topological polar surface area (TPSA) is 85.2 Å². The molecule has 2 N–H and O–H groups in total. The molecular weight excluding hydrogens is 200 g/mol. The summed E-state index contributed by atoms with van der Waals surface area (Å²) in [4.78, 5) is 0. The first-order valence-corrected chi connectivity index (χ1v) is 4.91. The van der Waals surface area contributed by atoms with Gasteiger partial charge in [-0.25, -0.2) is 0 Å². The maximum Gasteiger partial charge on any atom is 0.302 e. The Balaban J connectivity index is 1.98. The third-order valence-electron chi connectivity index (χ3n) is 2.19.